The van der Waals surface area contributed by atoms with Crippen molar-refractivity contribution >= 4 is 23.5 Å². The van der Waals surface area contributed by atoms with Gasteiger partial charge >= 0.3 is 11.9 Å². The van der Waals surface area contributed by atoms with Crippen LogP contribution in [0.25, 0.3) is 0 Å². The van der Waals surface area contributed by atoms with Gasteiger partial charge in [0.1, 0.15) is 0 Å². The lowest BCUT2D eigenvalue weighted by molar-refractivity contribution is -0.134. The number of aliphatic carboxylic acids is 2. The highest BCUT2D eigenvalue weighted by molar-refractivity contribution is 6.10. The van der Waals surface area contributed by atoms with Crippen LogP contribution in [0.1, 0.15) is 37.3 Å². The molecule has 0 saturated carbocycles. The highest BCUT2D eigenvalue weighted by atomic mass is 16.4. The molecule has 7 heteroatoms. The van der Waals surface area contributed by atoms with Crippen LogP contribution < -0.4 is 4.90 Å². The van der Waals surface area contributed by atoms with E-state index in [4.69, 9.17) is 10.2 Å². The first-order valence-electron chi connectivity index (χ1n) is 10.7. The molecule has 0 radical (unpaired) electrons. The van der Waals surface area contributed by atoms with E-state index in [0.29, 0.717) is 18.8 Å². The molecule has 0 bridgehead atoms. The van der Waals surface area contributed by atoms with Gasteiger partial charge in [0.2, 0.25) is 5.91 Å². The quantitative estimate of drug-likeness (QED) is 0.697. The van der Waals surface area contributed by atoms with Gasteiger partial charge in [0, 0.05) is 17.8 Å². The second-order valence-electron chi connectivity index (χ2n) is 8.07. The second-order valence-corrected chi connectivity index (χ2v) is 8.07. The number of fused-ring (bicyclic) bond motifs is 1. The molecule has 168 valence electrons. The summed E-state index contributed by atoms with van der Waals surface area (Å²) in [4.78, 5) is 37.0. The van der Waals surface area contributed by atoms with Gasteiger partial charge < -0.3 is 10.2 Å². The second kappa shape index (κ2) is 10.2. The number of hydrogen-bond donors (Lipinski definition) is 2. The van der Waals surface area contributed by atoms with E-state index < -0.39 is 17.4 Å². The van der Waals surface area contributed by atoms with E-state index in [2.05, 4.69) is 36.1 Å². The monoisotopic (exact) mass is 436 g/mol. The average molecular weight is 437 g/mol. The Kier molecular flexibility index (Phi) is 7.43. The first kappa shape index (κ1) is 23.2. The van der Waals surface area contributed by atoms with E-state index in [1.807, 2.05) is 35.2 Å². The Bertz CT molecular complexity index is 982. The van der Waals surface area contributed by atoms with Gasteiger partial charge in [0.25, 0.3) is 0 Å². The molecule has 0 aliphatic carbocycles. The number of carboxylic acids is 2. The summed E-state index contributed by atoms with van der Waals surface area (Å²) in [6, 6.07) is 18.4. The smallest absolute Gasteiger partial charge is 0.328 e. The van der Waals surface area contributed by atoms with Crippen molar-refractivity contribution in [1.82, 2.24) is 4.90 Å². The van der Waals surface area contributed by atoms with Crippen molar-refractivity contribution in [3.05, 3.63) is 77.9 Å². The van der Waals surface area contributed by atoms with Crippen molar-refractivity contribution in [2.24, 2.45) is 0 Å². The summed E-state index contributed by atoms with van der Waals surface area (Å²) in [5.41, 5.74) is 2.68. The van der Waals surface area contributed by atoms with Gasteiger partial charge in [-0.3, -0.25) is 14.6 Å². The fraction of sp³-hybridized carbons (Fsp3) is 0.320. The highest BCUT2D eigenvalue weighted by Gasteiger charge is 2.48. The third-order valence-electron chi connectivity index (χ3n) is 5.92. The summed E-state index contributed by atoms with van der Waals surface area (Å²) in [6.07, 6.45) is 4.90. The van der Waals surface area contributed by atoms with Crippen LogP contribution in [0.15, 0.2) is 66.7 Å². The molecule has 0 spiro atoms. The molecule has 2 aliphatic rings. The number of benzene rings is 2. The number of likely N-dealkylation sites (tertiary alicyclic amines) is 1. The number of carbonyl (C=O) groups is 3. The molecule has 2 heterocycles. The van der Waals surface area contributed by atoms with Crippen LogP contribution in [0.2, 0.25) is 0 Å². The number of para-hydroxylation sites is 1. The number of hydrogen-bond acceptors (Lipinski definition) is 4. The van der Waals surface area contributed by atoms with Crippen LogP contribution in [-0.2, 0) is 19.8 Å². The van der Waals surface area contributed by atoms with E-state index in [-0.39, 0.29) is 5.91 Å². The Labute approximate surface area is 187 Å². The Hall–Kier alpha value is -3.45. The highest BCUT2D eigenvalue weighted by Crippen LogP contribution is 2.45. The lowest BCUT2D eigenvalue weighted by atomic mass is 9.77. The zero-order valence-corrected chi connectivity index (χ0v) is 18.1. The maximum absolute atomic E-state index is 13.5. The van der Waals surface area contributed by atoms with Crippen LogP contribution in [0.3, 0.4) is 0 Å². The molecule has 0 aromatic heterocycles. The molecule has 1 amide bonds. The molecule has 4 rings (SSSR count). The number of amides is 1. The number of rotatable bonds is 5. The third kappa shape index (κ3) is 5.06. The number of anilines is 1. The normalized spacial score (nSPS) is 20.5. The third-order valence-corrected chi connectivity index (χ3v) is 5.92. The average Bonchev–Trinajstić information content (AvgIpc) is 3.02. The van der Waals surface area contributed by atoms with Gasteiger partial charge in [0.15, 0.2) is 0 Å². The van der Waals surface area contributed by atoms with E-state index in [9.17, 15) is 14.4 Å². The number of carboxylic acid groups (broad SMARTS) is 2. The van der Waals surface area contributed by atoms with Crippen molar-refractivity contribution < 1.29 is 24.6 Å². The topological polar surface area (TPSA) is 98.2 Å². The molecular formula is C25H28N2O5. The van der Waals surface area contributed by atoms with E-state index in [1.54, 1.807) is 0 Å². The van der Waals surface area contributed by atoms with Gasteiger partial charge in [-0.05, 0) is 50.0 Å². The Balaban J connectivity index is 0.000000312. The van der Waals surface area contributed by atoms with Crippen molar-refractivity contribution in [3.63, 3.8) is 0 Å². The van der Waals surface area contributed by atoms with Gasteiger partial charge in [-0.1, -0.05) is 55.0 Å². The minimum Gasteiger partial charge on any atom is -0.478 e. The summed E-state index contributed by atoms with van der Waals surface area (Å²) in [5.74, 6) is -2.32. The molecule has 1 saturated heterocycles. The van der Waals surface area contributed by atoms with E-state index in [1.165, 1.54) is 19.3 Å². The molecular weight excluding hydrogens is 408 g/mol. The van der Waals surface area contributed by atoms with Gasteiger partial charge in [-0.2, -0.15) is 0 Å². The maximum Gasteiger partial charge on any atom is 0.328 e. The van der Waals surface area contributed by atoms with E-state index >= 15 is 0 Å². The fourth-order valence-corrected chi connectivity index (χ4v) is 4.26. The first-order chi connectivity index (χ1) is 15.3. The van der Waals surface area contributed by atoms with Crippen molar-refractivity contribution in [1.29, 1.82) is 0 Å². The lowest BCUT2D eigenvalue weighted by Crippen LogP contribution is -2.46. The Morgan fingerprint density at radius 2 is 1.47 bits per heavy atom. The summed E-state index contributed by atoms with van der Waals surface area (Å²) < 4.78 is 0. The number of nitrogens with zero attached hydrogens (tertiary/aromatic N) is 2. The standard InChI is InChI=1S/C21H24N2O.C4H4O4/c1-21(17-10-4-2-5-11-17)18-12-6-7-13-19(18)23(20(21)24)16-22-14-8-3-9-15-22;5-3(6)1-2-4(7)8/h2,4-7,10-13H,3,8-9,14-16H2,1H3;1-2H,(H,5,6)(H,7,8)/b;2-1-. The fourth-order valence-electron chi connectivity index (χ4n) is 4.26. The predicted molar refractivity (Wildman–Crippen MR) is 122 cm³/mol. The SMILES string of the molecule is CC1(c2ccccc2)C(=O)N(CN2CCCCC2)c2ccccc21.O=C(O)/C=C\C(=O)O. The molecule has 2 N–H and O–H groups in total. The Morgan fingerprint density at radius 3 is 2.06 bits per heavy atom. The molecule has 7 nitrogen and oxygen atoms in total. The summed E-state index contributed by atoms with van der Waals surface area (Å²) in [5, 5.41) is 15.6. The van der Waals surface area contributed by atoms with Crippen LogP contribution in [0.4, 0.5) is 5.69 Å². The van der Waals surface area contributed by atoms with Crippen molar-refractivity contribution in [2.45, 2.75) is 31.6 Å². The molecule has 1 unspecified atom stereocenters. The van der Waals surface area contributed by atoms with Crippen molar-refractivity contribution in [2.75, 3.05) is 24.7 Å². The van der Waals surface area contributed by atoms with Gasteiger partial charge in [-0.15, -0.1) is 0 Å². The Morgan fingerprint density at radius 1 is 0.906 bits per heavy atom. The molecule has 2 aliphatic heterocycles. The molecule has 2 aromatic rings. The van der Waals surface area contributed by atoms with Crippen molar-refractivity contribution in [3.8, 4) is 0 Å². The first-order valence-corrected chi connectivity index (χ1v) is 10.7. The summed E-state index contributed by atoms with van der Waals surface area (Å²) in [6.45, 7) is 4.96. The van der Waals surface area contributed by atoms with Crippen LogP contribution in [0, 0.1) is 0 Å². The van der Waals surface area contributed by atoms with Crippen LogP contribution in [0.5, 0.6) is 0 Å². The largest absolute Gasteiger partial charge is 0.478 e. The molecule has 2 aromatic carbocycles. The van der Waals surface area contributed by atoms with Crippen LogP contribution >= 0.6 is 0 Å². The number of piperidine rings is 1. The zero-order valence-electron chi connectivity index (χ0n) is 18.1. The minimum atomic E-state index is -1.26. The van der Waals surface area contributed by atoms with E-state index in [0.717, 1.165) is 29.9 Å². The summed E-state index contributed by atoms with van der Waals surface area (Å²) >= 11 is 0. The zero-order chi connectivity index (χ0) is 23.1. The predicted octanol–water partition coefficient (Wildman–Crippen LogP) is 3.49. The lowest BCUT2D eigenvalue weighted by Gasteiger charge is -2.32. The number of carbonyl (C=O) groups excluding carboxylic acids is 1. The molecule has 32 heavy (non-hydrogen) atoms. The maximum atomic E-state index is 13.5. The van der Waals surface area contributed by atoms with Gasteiger partial charge in [0.05, 0.1) is 12.1 Å². The minimum absolute atomic E-state index is 0.195. The van der Waals surface area contributed by atoms with Crippen LogP contribution in [-0.4, -0.2) is 52.7 Å². The van der Waals surface area contributed by atoms with Gasteiger partial charge in [-0.25, -0.2) is 9.59 Å². The molecule has 1 atom stereocenters. The summed E-state index contributed by atoms with van der Waals surface area (Å²) in [7, 11) is 0. The molecule has 1 fully saturated rings.